The summed E-state index contributed by atoms with van der Waals surface area (Å²) in [5.74, 6) is 1.53. The molecule has 0 aliphatic heterocycles. The fourth-order valence-corrected chi connectivity index (χ4v) is 3.01. The smallest absolute Gasteiger partial charge is 0.191 e. The van der Waals surface area contributed by atoms with Crippen molar-refractivity contribution in [3.63, 3.8) is 0 Å². The van der Waals surface area contributed by atoms with Crippen molar-refractivity contribution in [2.24, 2.45) is 7.05 Å². The lowest BCUT2D eigenvalue weighted by atomic mass is 10.1. The van der Waals surface area contributed by atoms with E-state index in [1.54, 1.807) is 17.8 Å². The van der Waals surface area contributed by atoms with Gasteiger partial charge < -0.3 is 9.55 Å². The maximum atomic E-state index is 12.2. The van der Waals surface area contributed by atoms with Crippen molar-refractivity contribution in [3.8, 4) is 0 Å². The van der Waals surface area contributed by atoms with E-state index in [1.807, 2.05) is 43.7 Å². The molecule has 0 radical (unpaired) electrons. The zero-order valence-electron chi connectivity index (χ0n) is 12.2. The van der Waals surface area contributed by atoms with Crippen molar-refractivity contribution in [1.82, 2.24) is 19.7 Å². The van der Waals surface area contributed by atoms with Gasteiger partial charge in [0.2, 0.25) is 0 Å². The summed E-state index contributed by atoms with van der Waals surface area (Å²) >= 11 is 1.56. The highest BCUT2D eigenvalue weighted by molar-refractivity contribution is 7.98. The van der Waals surface area contributed by atoms with Gasteiger partial charge in [-0.15, -0.1) is 10.2 Å². The summed E-state index contributed by atoms with van der Waals surface area (Å²) in [6.45, 7) is 3.90. The van der Waals surface area contributed by atoms with E-state index in [2.05, 4.69) is 15.2 Å². The molecular formula is C15H16N4OS. The first-order valence-electron chi connectivity index (χ1n) is 6.66. The van der Waals surface area contributed by atoms with Crippen molar-refractivity contribution in [3.05, 3.63) is 51.6 Å². The van der Waals surface area contributed by atoms with E-state index in [-0.39, 0.29) is 5.43 Å². The second-order valence-corrected chi connectivity index (χ2v) is 6.03. The third kappa shape index (κ3) is 2.71. The van der Waals surface area contributed by atoms with E-state index >= 15 is 0 Å². The second-order valence-electron chi connectivity index (χ2n) is 5.09. The molecule has 0 amide bonds. The third-order valence-electron chi connectivity index (χ3n) is 3.45. The van der Waals surface area contributed by atoms with Crippen LogP contribution in [-0.4, -0.2) is 19.7 Å². The SMILES string of the molecule is Cc1ccc2[nH]c(CSc3nnc(C)n3C)cc(=O)c2c1. The molecule has 3 aromatic rings. The Kier molecular flexibility index (Phi) is 3.55. The molecule has 0 atom stereocenters. The number of H-pyrrole nitrogens is 1. The van der Waals surface area contributed by atoms with Crippen LogP contribution in [0.3, 0.4) is 0 Å². The first-order chi connectivity index (χ1) is 10.0. The number of aryl methyl sites for hydroxylation is 2. The van der Waals surface area contributed by atoms with Gasteiger partial charge in [-0.1, -0.05) is 23.4 Å². The highest BCUT2D eigenvalue weighted by Crippen LogP contribution is 2.20. The number of thioether (sulfide) groups is 1. The van der Waals surface area contributed by atoms with Crippen LogP contribution in [0.25, 0.3) is 10.9 Å². The number of nitrogens with zero attached hydrogens (tertiary/aromatic N) is 3. The topological polar surface area (TPSA) is 63.6 Å². The predicted molar refractivity (Wildman–Crippen MR) is 84.6 cm³/mol. The molecule has 3 rings (SSSR count). The molecule has 21 heavy (non-hydrogen) atoms. The van der Waals surface area contributed by atoms with Crippen molar-refractivity contribution in [2.45, 2.75) is 24.8 Å². The van der Waals surface area contributed by atoms with Crippen molar-refractivity contribution in [1.29, 1.82) is 0 Å². The van der Waals surface area contributed by atoms with E-state index in [1.165, 1.54) is 0 Å². The Morgan fingerprint density at radius 2 is 2.05 bits per heavy atom. The van der Waals surface area contributed by atoms with Crippen LogP contribution in [0.15, 0.2) is 34.2 Å². The van der Waals surface area contributed by atoms with Gasteiger partial charge in [0, 0.05) is 35.5 Å². The Bertz CT molecular complexity index is 866. The fraction of sp³-hybridized carbons (Fsp3) is 0.267. The van der Waals surface area contributed by atoms with Gasteiger partial charge in [0.15, 0.2) is 10.6 Å². The number of benzene rings is 1. The Labute approximate surface area is 126 Å². The molecule has 2 aromatic heterocycles. The number of pyridine rings is 1. The number of nitrogens with one attached hydrogen (secondary N) is 1. The number of hydrogen-bond acceptors (Lipinski definition) is 4. The summed E-state index contributed by atoms with van der Waals surface area (Å²) < 4.78 is 1.94. The van der Waals surface area contributed by atoms with Gasteiger partial charge >= 0.3 is 0 Å². The van der Waals surface area contributed by atoms with Gasteiger partial charge in [0.05, 0.1) is 0 Å². The van der Waals surface area contributed by atoms with Crippen LogP contribution in [-0.2, 0) is 12.8 Å². The van der Waals surface area contributed by atoms with E-state index in [0.29, 0.717) is 5.75 Å². The monoisotopic (exact) mass is 300 g/mol. The summed E-state index contributed by atoms with van der Waals surface area (Å²) in [6.07, 6.45) is 0. The maximum Gasteiger partial charge on any atom is 0.191 e. The predicted octanol–water partition coefficient (Wildman–Crippen LogP) is 2.57. The van der Waals surface area contributed by atoms with Crippen molar-refractivity contribution in [2.75, 3.05) is 0 Å². The van der Waals surface area contributed by atoms with E-state index < -0.39 is 0 Å². The molecule has 2 heterocycles. The third-order valence-corrected chi connectivity index (χ3v) is 4.52. The van der Waals surface area contributed by atoms with Gasteiger partial charge in [0.25, 0.3) is 0 Å². The standard InChI is InChI=1S/C15H16N4OS/c1-9-4-5-13-12(6-9)14(20)7-11(16-13)8-21-15-18-17-10(2)19(15)3/h4-7H,8H2,1-3H3,(H,16,20). The van der Waals surface area contributed by atoms with Gasteiger partial charge in [-0.3, -0.25) is 4.79 Å². The molecule has 1 N–H and O–H groups in total. The Balaban J connectivity index is 1.89. The minimum absolute atomic E-state index is 0.0530. The molecule has 0 fully saturated rings. The average molecular weight is 300 g/mol. The lowest BCUT2D eigenvalue weighted by Gasteiger charge is -2.05. The highest BCUT2D eigenvalue weighted by atomic mass is 32.2. The van der Waals surface area contributed by atoms with Crippen LogP contribution >= 0.6 is 11.8 Å². The minimum Gasteiger partial charge on any atom is -0.357 e. The Morgan fingerprint density at radius 1 is 1.24 bits per heavy atom. The number of fused-ring (bicyclic) bond motifs is 1. The normalized spacial score (nSPS) is 11.2. The number of aromatic nitrogens is 4. The molecule has 0 aliphatic rings. The molecule has 0 spiro atoms. The number of hydrogen-bond donors (Lipinski definition) is 1. The molecule has 0 unspecified atom stereocenters. The van der Waals surface area contributed by atoms with Crippen LogP contribution in [0.2, 0.25) is 0 Å². The maximum absolute atomic E-state index is 12.2. The number of aromatic amines is 1. The Morgan fingerprint density at radius 3 is 2.76 bits per heavy atom. The van der Waals surface area contributed by atoms with Crippen LogP contribution in [0.4, 0.5) is 0 Å². The highest BCUT2D eigenvalue weighted by Gasteiger charge is 2.07. The minimum atomic E-state index is 0.0530. The summed E-state index contributed by atoms with van der Waals surface area (Å²) in [4.78, 5) is 15.5. The van der Waals surface area contributed by atoms with Gasteiger partial charge in [0.1, 0.15) is 5.82 Å². The largest absolute Gasteiger partial charge is 0.357 e. The Hall–Kier alpha value is -2.08. The molecule has 0 saturated carbocycles. The van der Waals surface area contributed by atoms with E-state index in [9.17, 15) is 4.79 Å². The van der Waals surface area contributed by atoms with Gasteiger partial charge in [-0.25, -0.2) is 0 Å². The first-order valence-corrected chi connectivity index (χ1v) is 7.64. The fourth-order valence-electron chi connectivity index (χ4n) is 2.15. The molecule has 1 aromatic carbocycles. The summed E-state index contributed by atoms with van der Waals surface area (Å²) in [5, 5.41) is 9.72. The van der Waals surface area contributed by atoms with E-state index in [0.717, 1.165) is 33.1 Å². The lowest BCUT2D eigenvalue weighted by molar-refractivity contribution is 0.765. The van der Waals surface area contributed by atoms with Gasteiger partial charge in [-0.2, -0.15) is 0 Å². The zero-order chi connectivity index (χ0) is 15.0. The first kappa shape index (κ1) is 13.9. The quantitative estimate of drug-likeness (QED) is 0.755. The molecule has 6 heteroatoms. The summed E-state index contributed by atoms with van der Waals surface area (Å²) in [6, 6.07) is 7.53. The van der Waals surface area contributed by atoms with Crippen molar-refractivity contribution < 1.29 is 0 Å². The van der Waals surface area contributed by atoms with Crippen molar-refractivity contribution >= 4 is 22.7 Å². The summed E-state index contributed by atoms with van der Waals surface area (Å²) in [5.41, 5.74) is 2.90. The van der Waals surface area contributed by atoms with Gasteiger partial charge in [-0.05, 0) is 26.0 Å². The van der Waals surface area contributed by atoms with E-state index in [4.69, 9.17) is 0 Å². The molecule has 0 saturated heterocycles. The molecule has 0 bridgehead atoms. The van der Waals surface area contributed by atoms with Crippen LogP contribution in [0, 0.1) is 13.8 Å². The van der Waals surface area contributed by atoms with Crippen LogP contribution in [0.5, 0.6) is 0 Å². The second kappa shape index (κ2) is 5.37. The van der Waals surface area contributed by atoms with Crippen LogP contribution in [0.1, 0.15) is 17.1 Å². The summed E-state index contributed by atoms with van der Waals surface area (Å²) in [7, 11) is 1.93. The molecule has 108 valence electrons. The average Bonchev–Trinajstić information content (AvgIpc) is 2.77. The molecular weight excluding hydrogens is 284 g/mol. The number of rotatable bonds is 3. The van der Waals surface area contributed by atoms with Crippen LogP contribution < -0.4 is 5.43 Å². The zero-order valence-corrected chi connectivity index (χ0v) is 13.0. The lowest BCUT2D eigenvalue weighted by Crippen LogP contribution is -2.05. The molecule has 5 nitrogen and oxygen atoms in total. The molecule has 0 aliphatic carbocycles.